The van der Waals surface area contributed by atoms with E-state index in [9.17, 15) is 4.79 Å². The van der Waals surface area contributed by atoms with Crippen LogP contribution in [0.4, 0.5) is 0 Å². The maximum absolute atomic E-state index is 11.1. The molecule has 0 aliphatic heterocycles. The lowest BCUT2D eigenvalue weighted by molar-refractivity contribution is -0.142. The molecular weight excluding hydrogens is 272 g/mol. The summed E-state index contributed by atoms with van der Waals surface area (Å²) in [5.74, 6) is -0.512. The van der Waals surface area contributed by atoms with Crippen LogP contribution in [0.3, 0.4) is 0 Å². The number of nitrogens with two attached hydrogens (primary N) is 1. The Hall–Kier alpha value is -0.480. The molecule has 0 heterocycles. The molecule has 0 aromatic heterocycles. The average Bonchev–Trinajstić information content (AvgIpc) is 2.21. The van der Waals surface area contributed by atoms with E-state index in [1.165, 1.54) is 7.11 Å². The fourth-order valence-electron chi connectivity index (χ4n) is 1.22. The molecule has 6 heteroatoms. The van der Waals surface area contributed by atoms with E-state index in [4.69, 9.17) is 40.5 Å². The number of carbonyl (C=O) groups excluding carboxylic acids is 1. The molecule has 0 saturated carbocycles. The zero-order valence-corrected chi connectivity index (χ0v) is 10.7. The summed E-state index contributed by atoms with van der Waals surface area (Å²) in [5, 5.41) is 1.21. The normalized spacial score (nSPS) is 12.3. The van der Waals surface area contributed by atoms with Gasteiger partial charge in [-0.3, -0.25) is 4.79 Å². The molecule has 0 unspecified atom stereocenters. The number of ether oxygens (including phenoxy) is 1. The first kappa shape index (κ1) is 13.6. The minimum Gasteiger partial charge on any atom is -0.468 e. The molecule has 0 radical (unpaired) electrons. The second kappa shape index (κ2) is 5.73. The summed E-state index contributed by atoms with van der Waals surface area (Å²) < 4.78 is 4.51. The van der Waals surface area contributed by atoms with Crippen molar-refractivity contribution in [3.05, 3.63) is 32.8 Å². The molecule has 1 atom stereocenters. The molecule has 0 bridgehead atoms. The minimum absolute atomic E-state index is 0.210. The van der Waals surface area contributed by atoms with Crippen LogP contribution in [-0.4, -0.2) is 19.1 Å². The van der Waals surface area contributed by atoms with Crippen molar-refractivity contribution in [1.82, 2.24) is 0 Å². The first-order valence-electron chi connectivity index (χ1n) is 4.42. The molecule has 1 aromatic carbocycles. The van der Waals surface area contributed by atoms with Crippen LogP contribution < -0.4 is 5.73 Å². The third-order valence-corrected chi connectivity index (χ3v) is 2.93. The summed E-state index contributed by atoms with van der Waals surface area (Å²) in [5.41, 5.74) is 6.20. The van der Waals surface area contributed by atoms with Gasteiger partial charge in [-0.1, -0.05) is 34.8 Å². The number of hydrogen-bond acceptors (Lipinski definition) is 3. The Morgan fingerprint density at radius 1 is 1.38 bits per heavy atom. The SMILES string of the molecule is COC(=O)[C@@H](N)Cc1c(Cl)cc(Cl)cc1Cl. The standard InChI is InChI=1S/C10H10Cl3NO2/c1-16-10(15)9(14)4-6-7(12)2-5(11)3-8(6)13/h2-3,9H,4,14H2,1H3/t9-/m0/s1. The van der Waals surface area contributed by atoms with Gasteiger partial charge in [-0.25, -0.2) is 0 Å². The Balaban J connectivity index is 2.93. The van der Waals surface area contributed by atoms with E-state index >= 15 is 0 Å². The Morgan fingerprint density at radius 3 is 2.31 bits per heavy atom. The number of carbonyl (C=O) groups is 1. The Bertz CT molecular complexity index is 386. The topological polar surface area (TPSA) is 52.3 Å². The highest BCUT2D eigenvalue weighted by Gasteiger charge is 2.18. The van der Waals surface area contributed by atoms with Crippen molar-refractivity contribution >= 4 is 40.8 Å². The molecule has 88 valence electrons. The lowest BCUT2D eigenvalue weighted by Gasteiger charge is -2.12. The van der Waals surface area contributed by atoms with E-state index in [2.05, 4.69) is 4.74 Å². The Morgan fingerprint density at radius 2 is 1.88 bits per heavy atom. The lowest BCUT2D eigenvalue weighted by Crippen LogP contribution is -2.33. The second-order valence-electron chi connectivity index (χ2n) is 3.18. The van der Waals surface area contributed by atoms with Gasteiger partial charge in [0.15, 0.2) is 0 Å². The van der Waals surface area contributed by atoms with Crippen molar-refractivity contribution < 1.29 is 9.53 Å². The van der Waals surface area contributed by atoms with E-state index in [0.29, 0.717) is 20.6 Å². The molecular formula is C10H10Cl3NO2. The van der Waals surface area contributed by atoms with E-state index < -0.39 is 12.0 Å². The predicted octanol–water partition coefficient (Wildman–Crippen LogP) is 2.69. The van der Waals surface area contributed by atoms with Gasteiger partial charge in [0.2, 0.25) is 0 Å². The van der Waals surface area contributed by atoms with Gasteiger partial charge >= 0.3 is 5.97 Å². The molecule has 2 N–H and O–H groups in total. The predicted molar refractivity (Wildman–Crippen MR) is 65.2 cm³/mol. The largest absolute Gasteiger partial charge is 0.468 e. The molecule has 1 rings (SSSR count). The first-order chi connectivity index (χ1) is 7.45. The molecule has 1 aromatic rings. The van der Waals surface area contributed by atoms with E-state index in [-0.39, 0.29) is 6.42 Å². The summed E-state index contributed by atoms with van der Waals surface area (Å²) in [6.07, 6.45) is 0.210. The van der Waals surface area contributed by atoms with Crippen LogP contribution in [-0.2, 0) is 16.0 Å². The van der Waals surface area contributed by atoms with Gasteiger partial charge in [-0.05, 0) is 17.7 Å². The van der Waals surface area contributed by atoms with Crippen molar-refractivity contribution in [1.29, 1.82) is 0 Å². The maximum atomic E-state index is 11.1. The lowest BCUT2D eigenvalue weighted by atomic mass is 10.1. The second-order valence-corrected chi connectivity index (χ2v) is 4.43. The number of halogens is 3. The number of rotatable bonds is 3. The van der Waals surface area contributed by atoms with Crippen LogP contribution in [0.5, 0.6) is 0 Å². The van der Waals surface area contributed by atoms with Crippen molar-refractivity contribution in [2.45, 2.75) is 12.5 Å². The highest BCUT2D eigenvalue weighted by atomic mass is 35.5. The molecule has 16 heavy (non-hydrogen) atoms. The van der Waals surface area contributed by atoms with Gasteiger partial charge in [0.1, 0.15) is 6.04 Å². The number of methoxy groups -OCH3 is 1. The molecule has 0 aliphatic rings. The van der Waals surface area contributed by atoms with Gasteiger partial charge in [0.25, 0.3) is 0 Å². The number of benzene rings is 1. The van der Waals surface area contributed by atoms with Crippen LogP contribution in [0.2, 0.25) is 15.1 Å². The number of esters is 1. The van der Waals surface area contributed by atoms with Crippen LogP contribution in [0.15, 0.2) is 12.1 Å². The van der Waals surface area contributed by atoms with Gasteiger partial charge in [-0.2, -0.15) is 0 Å². The minimum atomic E-state index is -0.791. The molecule has 0 saturated heterocycles. The zero-order valence-electron chi connectivity index (χ0n) is 8.47. The van der Waals surface area contributed by atoms with E-state index in [1.807, 2.05) is 0 Å². The van der Waals surface area contributed by atoms with Crippen LogP contribution in [0.25, 0.3) is 0 Å². The average molecular weight is 283 g/mol. The molecule has 0 spiro atoms. The zero-order chi connectivity index (χ0) is 12.3. The molecule has 0 amide bonds. The quantitative estimate of drug-likeness (QED) is 0.867. The highest BCUT2D eigenvalue weighted by molar-refractivity contribution is 6.39. The van der Waals surface area contributed by atoms with Crippen molar-refractivity contribution in [2.75, 3.05) is 7.11 Å². The third-order valence-electron chi connectivity index (χ3n) is 2.03. The van der Waals surface area contributed by atoms with Gasteiger partial charge in [0, 0.05) is 21.5 Å². The fourth-order valence-corrected chi connectivity index (χ4v) is 2.19. The van der Waals surface area contributed by atoms with E-state index in [0.717, 1.165) is 0 Å². The summed E-state index contributed by atoms with van der Waals surface area (Å²) in [6, 6.07) is 2.31. The van der Waals surface area contributed by atoms with Crippen LogP contribution in [0.1, 0.15) is 5.56 Å². The molecule has 0 fully saturated rings. The maximum Gasteiger partial charge on any atom is 0.322 e. The fraction of sp³-hybridized carbons (Fsp3) is 0.300. The van der Waals surface area contributed by atoms with E-state index in [1.54, 1.807) is 12.1 Å². The summed E-state index contributed by atoms with van der Waals surface area (Å²) >= 11 is 17.7. The summed E-state index contributed by atoms with van der Waals surface area (Å²) in [7, 11) is 1.27. The Kier molecular flexibility index (Phi) is 4.87. The Labute approximate surface area is 108 Å². The smallest absolute Gasteiger partial charge is 0.322 e. The van der Waals surface area contributed by atoms with Crippen molar-refractivity contribution in [3.63, 3.8) is 0 Å². The van der Waals surface area contributed by atoms with Gasteiger partial charge < -0.3 is 10.5 Å². The number of hydrogen-bond donors (Lipinski definition) is 1. The van der Waals surface area contributed by atoms with Crippen LogP contribution in [0, 0.1) is 0 Å². The molecule has 3 nitrogen and oxygen atoms in total. The molecule has 0 aliphatic carbocycles. The third kappa shape index (κ3) is 3.25. The summed E-state index contributed by atoms with van der Waals surface area (Å²) in [4.78, 5) is 11.1. The monoisotopic (exact) mass is 281 g/mol. The first-order valence-corrected chi connectivity index (χ1v) is 5.56. The van der Waals surface area contributed by atoms with Gasteiger partial charge in [-0.15, -0.1) is 0 Å². The van der Waals surface area contributed by atoms with Gasteiger partial charge in [0.05, 0.1) is 7.11 Å². The summed E-state index contributed by atoms with van der Waals surface area (Å²) in [6.45, 7) is 0. The van der Waals surface area contributed by atoms with Crippen LogP contribution >= 0.6 is 34.8 Å². The van der Waals surface area contributed by atoms with Crippen molar-refractivity contribution in [3.8, 4) is 0 Å². The highest BCUT2D eigenvalue weighted by Crippen LogP contribution is 2.29. The van der Waals surface area contributed by atoms with Crippen molar-refractivity contribution in [2.24, 2.45) is 5.73 Å².